The molecule has 2 nitrogen and oxygen atoms in total. The van der Waals surface area contributed by atoms with Gasteiger partial charge in [-0.25, -0.2) is 0 Å². The SMILES string of the molecule is CC1=CCCN(CC2(C)CCCCN2)C1. The van der Waals surface area contributed by atoms with Crippen LogP contribution < -0.4 is 5.32 Å². The van der Waals surface area contributed by atoms with Crippen LogP contribution in [0.5, 0.6) is 0 Å². The molecule has 15 heavy (non-hydrogen) atoms. The normalized spacial score (nSPS) is 33.9. The van der Waals surface area contributed by atoms with Crippen molar-refractivity contribution in [3.63, 3.8) is 0 Å². The fourth-order valence-corrected chi connectivity index (χ4v) is 2.87. The summed E-state index contributed by atoms with van der Waals surface area (Å²) in [7, 11) is 0. The van der Waals surface area contributed by atoms with Crippen molar-refractivity contribution in [3.8, 4) is 0 Å². The minimum absolute atomic E-state index is 0.371. The van der Waals surface area contributed by atoms with Gasteiger partial charge in [-0.2, -0.15) is 0 Å². The molecule has 0 spiro atoms. The van der Waals surface area contributed by atoms with Crippen LogP contribution in [0.3, 0.4) is 0 Å². The van der Waals surface area contributed by atoms with Crippen LogP contribution in [0.1, 0.15) is 39.5 Å². The van der Waals surface area contributed by atoms with E-state index in [9.17, 15) is 0 Å². The van der Waals surface area contributed by atoms with E-state index in [0.29, 0.717) is 5.54 Å². The lowest BCUT2D eigenvalue weighted by Crippen LogP contribution is -2.54. The van der Waals surface area contributed by atoms with E-state index in [4.69, 9.17) is 0 Å². The molecule has 2 aliphatic rings. The smallest absolute Gasteiger partial charge is 0.0280 e. The Morgan fingerprint density at radius 3 is 3.00 bits per heavy atom. The summed E-state index contributed by atoms with van der Waals surface area (Å²) in [6.07, 6.45) is 7.71. The third-order valence-electron chi connectivity index (χ3n) is 3.69. The Bertz CT molecular complexity index is 239. The van der Waals surface area contributed by atoms with Crippen molar-refractivity contribution in [1.82, 2.24) is 10.2 Å². The van der Waals surface area contributed by atoms with Crippen LogP contribution in [-0.2, 0) is 0 Å². The summed E-state index contributed by atoms with van der Waals surface area (Å²) in [5.41, 5.74) is 1.91. The van der Waals surface area contributed by atoms with Gasteiger partial charge in [0, 0.05) is 25.2 Å². The van der Waals surface area contributed by atoms with Crippen LogP contribution in [0.2, 0.25) is 0 Å². The molecule has 86 valence electrons. The van der Waals surface area contributed by atoms with Crippen LogP contribution in [0.15, 0.2) is 11.6 Å². The summed E-state index contributed by atoms with van der Waals surface area (Å²) in [6, 6.07) is 0. The quantitative estimate of drug-likeness (QED) is 0.700. The highest BCUT2D eigenvalue weighted by Gasteiger charge is 2.28. The van der Waals surface area contributed by atoms with E-state index < -0.39 is 0 Å². The van der Waals surface area contributed by atoms with Gasteiger partial charge in [-0.15, -0.1) is 0 Å². The van der Waals surface area contributed by atoms with Crippen LogP contribution in [0, 0.1) is 0 Å². The maximum atomic E-state index is 3.70. The Hall–Kier alpha value is -0.340. The molecule has 0 radical (unpaired) electrons. The summed E-state index contributed by atoms with van der Waals surface area (Å²) < 4.78 is 0. The summed E-state index contributed by atoms with van der Waals surface area (Å²) in [6.45, 7) is 9.49. The minimum atomic E-state index is 0.371. The molecule has 1 N–H and O–H groups in total. The maximum absolute atomic E-state index is 3.70. The van der Waals surface area contributed by atoms with Gasteiger partial charge in [-0.3, -0.25) is 4.90 Å². The van der Waals surface area contributed by atoms with Gasteiger partial charge in [0.25, 0.3) is 0 Å². The Morgan fingerprint density at radius 2 is 2.33 bits per heavy atom. The van der Waals surface area contributed by atoms with Gasteiger partial charge < -0.3 is 5.32 Å². The van der Waals surface area contributed by atoms with Crippen molar-refractivity contribution in [2.75, 3.05) is 26.2 Å². The second-order valence-electron chi connectivity index (χ2n) is 5.49. The van der Waals surface area contributed by atoms with Crippen LogP contribution in [0.25, 0.3) is 0 Å². The van der Waals surface area contributed by atoms with Gasteiger partial charge in [-0.05, 0) is 39.7 Å². The predicted octanol–water partition coefficient (Wildman–Crippen LogP) is 2.17. The Labute approximate surface area is 93.7 Å². The van der Waals surface area contributed by atoms with Crippen molar-refractivity contribution in [1.29, 1.82) is 0 Å². The van der Waals surface area contributed by atoms with E-state index in [1.165, 1.54) is 51.9 Å². The van der Waals surface area contributed by atoms with Gasteiger partial charge >= 0.3 is 0 Å². The van der Waals surface area contributed by atoms with Gasteiger partial charge in [0.2, 0.25) is 0 Å². The zero-order valence-corrected chi connectivity index (χ0v) is 10.2. The number of nitrogens with one attached hydrogen (secondary N) is 1. The van der Waals surface area contributed by atoms with E-state index >= 15 is 0 Å². The first-order chi connectivity index (χ1) is 7.18. The molecule has 0 aromatic carbocycles. The molecule has 2 heterocycles. The standard InChI is InChI=1S/C13H24N2/c1-12-6-5-9-15(10-12)11-13(2)7-3-4-8-14-13/h6,14H,3-5,7-11H2,1-2H3. The van der Waals surface area contributed by atoms with Crippen molar-refractivity contribution >= 4 is 0 Å². The molecule has 1 fully saturated rings. The number of nitrogens with zero attached hydrogens (tertiary/aromatic N) is 1. The molecule has 1 saturated heterocycles. The molecule has 0 aliphatic carbocycles. The lowest BCUT2D eigenvalue weighted by Gasteiger charge is -2.40. The average molecular weight is 208 g/mol. The van der Waals surface area contributed by atoms with Crippen molar-refractivity contribution < 1.29 is 0 Å². The second kappa shape index (κ2) is 4.67. The number of hydrogen-bond acceptors (Lipinski definition) is 2. The third-order valence-corrected chi connectivity index (χ3v) is 3.69. The summed E-state index contributed by atoms with van der Waals surface area (Å²) in [5, 5.41) is 3.70. The van der Waals surface area contributed by atoms with Gasteiger partial charge in [0.1, 0.15) is 0 Å². The van der Waals surface area contributed by atoms with Crippen LogP contribution in [-0.4, -0.2) is 36.6 Å². The fraction of sp³-hybridized carbons (Fsp3) is 0.846. The highest BCUT2D eigenvalue weighted by atomic mass is 15.2. The predicted molar refractivity (Wildman–Crippen MR) is 65.1 cm³/mol. The Morgan fingerprint density at radius 1 is 1.47 bits per heavy atom. The van der Waals surface area contributed by atoms with Crippen LogP contribution in [0.4, 0.5) is 0 Å². The van der Waals surface area contributed by atoms with Gasteiger partial charge in [0.05, 0.1) is 0 Å². The lowest BCUT2D eigenvalue weighted by molar-refractivity contribution is 0.170. The molecular formula is C13H24N2. The summed E-state index contributed by atoms with van der Waals surface area (Å²) >= 11 is 0. The molecule has 2 aliphatic heterocycles. The number of hydrogen-bond donors (Lipinski definition) is 1. The lowest BCUT2D eigenvalue weighted by atomic mass is 9.90. The zero-order valence-electron chi connectivity index (χ0n) is 10.2. The molecule has 2 rings (SSSR count). The Balaban J connectivity index is 1.87. The first-order valence-corrected chi connectivity index (χ1v) is 6.31. The number of piperidine rings is 1. The molecule has 2 heteroatoms. The molecule has 0 saturated carbocycles. The van der Waals surface area contributed by atoms with E-state index in [-0.39, 0.29) is 0 Å². The molecule has 1 atom stereocenters. The average Bonchev–Trinajstić information content (AvgIpc) is 2.18. The fourth-order valence-electron chi connectivity index (χ4n) is 2.87. The molecular weight excluding hydrogens is 184 g/mol. The largest absolute Gasteiger partial charge is 0.310 e. The highest BCUT2D eigenvalue weighted by molar-refractivity contribution is 5.05. The number of rotatable bonds is 2. The first-order valence-electron chi connectivity index (χ1n) is 6.31. The van der Waals surface area contributed by atoms with E-state index in [1.807, 2.05) is 0 Å². The first kappa shape index (κ1) is 11.2. The summed E-state index contributed by atoms with van der Waals surface area (Å²) in [5.74, 6) is 0. The highest BCUT2D eigenvalue weighted by Crippen LogP contribution is 2.21. The third kappa shape index (κ3) is 3.05. The molecule has 0 bridgehead atoms. The Kier molecular flexibility index (Phi) is 3.47. The van der Waals surface area contributed by atoms with Crippen molar-refractivity contribution in [2.45, 2.75) is 45.1 Å². The van der Waals surface area contributed by atoms with E-state index in [0.717, 1.165) is 0 Å². The topological polar surface area (TPSA) is 15.3 Å². The molecule has 1 unspecified atom stereocenters. The van der Waals surface area contributed by atoms with E-state index in [1.54, 1.807) is 5.57 Å². The summed E-state index contributed by atoms with van der Waals surface area (Å²) in [4.78, 5) is 2.60. The monoisotopic (exact) mass is 208 g/mol. The molecule has 0 aromatic rings. The van der Waals surface area contributed by atoms with Crippen molar-refractivity contribution in [2.24, 2.45) is 0 Å². The zero-order chi connectivity index (χ0) is 10.7. The minimum Gasteiger partial charge on any atom is -0.310 e. The maximum Gasteiger partial charge on any atom is 0.0280 e. The molecule has 0 amide bonds. The molecule has 0 aromatic heterocycles. The van der Waals surface area contributed by atoms with Gasteiger partial charge in [-0.1, -0.05) is 18.1 Å². The second-order valence-corrected chi connectivity index (χ2v) is 5.49. The van der Waals surface area contributed by atoms with E-state index in [2.05, 4.69) is 30.1 Å². The van der Waals surface area contributed by atoms with Crippen LogP contribution >= 0.6 is 0 Å². The van der Waals surface area contributed by atoms with Crippen molar-refractivity contribution in [3.05, 3.63) is 11.6 Å². The van der Waals surface area contributed by atoms with Gasteiger partial charge in [0.15, 0.2) is 0 Å².